The smallest absolute Gasteiger partial charge is 0.407 e. The Kier molecular flexibility index (Phi) is 7.66. The lowest BCUT2D eigenvalue weighted by atomic mass is 10.1. The van der Waals surface area contributed by atoms with Crippen LogP contribution in [0.5, 0.6) is 5.88 Å². The molecule has 5 atom stereocenters. The van der Waals surface area contributed by atoms with E-state index in [0.717, 1.165) is 17.1 Å². The molecule has 1 aromatic heterocycles. The van der Waals surface area contributed by atoms with Crippen molar-refractivity contribution in [3.8, 4) is 5.88 Å². The van der Waals surface area contributed by atoms with Crippen molar-refractivity contribution in [3.63, 3.8) is 0 Å². The molecule has 0 bridgehead atoms. The minimum Gasteiger partial charge on any atom is -0.471 e. The SMILES string of the molecule is C=C[C@@H]1C[C@]1(NC(=O)[C@@H]1C[C@@H](Oc2nc3ccccc3nc2C2=CCCS2)CN1C(=O)[C@@H]1COC(=O)N1)C(=O)NS(=O)(=O)C1CC1. The number of ether oxygens (including phenoxy) is 2. The van der Waals surface area contributed by atoms with Gasteiger partial charge in [-0.1, -0.05) is 24.3 Å². The standard InChI is InChI=1S/C30H32N6O8S2/c1-2-16-13-30(16,28(39)35-46(41,42)18-9-10-18)34-25(37)22-12-17(14-36(22)27(38)21-15-43-29(40)33-21)44-26-24(23-8-5-11-45-23)31-19-6-3-4-7-20(19)32-26/h2-4,6-8,16-18,21-22H,1,5,9-15H2,(H,33,40)(H,34,37)(H,35,39)/t16-,17-,21+,22+,30-/m1/s1. The summed E-state index contributed by atoms with van der Waals surface area (Å²) < 4.78 is 38.6. The highest BCUT2D eigenvalue weighted by Crippen LogP contribution is 2.45. The van der Waals surface area contributed by atoms with Gasteiger partial charge in [-0.3, -0.25) is 19.1 Å². The van der Waals surface area contributed by atoms with E-state index in [0.29, 0.717) is 29.6 Å². The molecule has 0 radical (unpaired) electrons. The zero-order valence-electron chi connectivity index (χ0n) is 24.6. The minimum atomic E-state index is -3.87. The van der Waals surface area contributed by atoms with Gasteiger partial charge < -0.3 is 25.0 Å². The van der Waals surface area contributed by atoms with Crippen LogP contribution in [0.1, 0.15) is 37.8 Å². The number of nitrogens with one attached hydrogen (secondary N) is 3. The van der Waals surface area contributed by atoms with Crippen molar-refractivity contribution in [2.45, 2.75) is 61.1 Å². The van der Waals surface area contributed by atoms with Crippen molar-refractivity contribution in [3.05, 3.63) is 48.7 Å². The molecule has 3 N–H and O–H groups in total. The number of likely N-dealkylation sites (tertiary alicyclic amines) is 1. The Bertz CT molecular complexity index is 1800. The van der Waals surface area contributed by atoms with Crippen LogP contribution in [0.3, 0.4) is 0 Å². The van der Waals surface area contributed by atoms with Crippen LogP contribution in [0.2, 0.25) is 0 Å². The molecule has 14 nitrogen and oxygen atoms in total. The summed E-state index contributed by atoms with van der Waals surface area (Å²) in [6.45, 7) is 3.51. The summed E-state index contributed by atoms with van der Waals surface area (Å²) in [6.07, 6.45) is 4.12. The predicted molar refractivity (Wildman–Crippen MR) is 167 cm³/mol. The summed E-state index contributed by atoms with van der Waals surface area (Å²) in [5.41, 5.74) is 0.364. The van der Waals surface area contributed by atoms with Crippen molar-refractivity contribution in [1.82, 2.24) is 30.2 Å². The van der Waals surface area contributed by atoms with Gasteiger partial charge >= 0.3 is 6.09 Å². The molecule has 1 aromatic carbocycles. The number of fused-ring (bicyclic) bond motifs is 1. The molecule has 7 rings (SSSR count). The maximum atomic E-state index is 13.9. The lowest BCUT2D eigenvalue weighted by Gasteiger charge is -2.27. The van der Waals surface area contributed by atoms with Crippen LogP contribution in [-0.4, -0.2) is 95.0 Å². The molecule has 0 unspecified atom stereocenters. The highest BCUT2D eigenvalue weighted by Gasteiger charge is 2.62. The average molecular weight is 669 g/mol. The number of nitrogens with zero attached hydrogens (tertiary/aromatic N) is 3. The first-order valence-corrected chi connectivity index (χ1v) is 17.6. The molecule has 16 heteroatoms. The van der Waals surface area contributed by atoms with Gasteiger partial charge in [0.15, 0.2) is 0 Å². The maximum Gasteiger partial charge on any atom is 0.407 e. The topological polar surface area (TPSA) is 186 Å². The number of para-hydroxylation sites is 2. The van der Waals surface area contributed by atoms with Gasteiger partial charge in [0.05, 0.1) is 22.8 Å². The molecule has 3 aliphatic heterocycles. The lowest BCUT2D eigenvalue weighted by Crippen LogP contribution is -2.58. The molecular weight excluding hydrogens is 636 g/mol. The summed E-state index contributed by atoms with van der Waals surface area (Å²) in [6, 6.07) is 5.27. The summed E-state index contributed by atoms with van der Waals surface area (Å²) in [4.78, 5) is 64.4. The molecular formula is C30H32N6O8S2. The molecule has 5 aliphatic rings. The van der Waals surface area contributed by atoms with E-state index in [2.05, 4.69) is 28.0 Å². The number of rotatable bonds is 10. The lowest BCUT2D eigenvalue weighted by molar-refractivity contribution is -0.141. The number of sulfonamides is 1. The fraction of sp³-hybridized carbons (Fsp3) is 0.467. The molecule has 0 spiro atoms. The number of hydrogen-bond acceptors (Lipinski definition) is 11. The Balaban J connectivity index is 1.16. The third-order valence-corrected chi connectivity index (χ3v) is 11.8. The summed E-state index contributed by atoms with van der Waals surface area (Å²) >= 11 is 1.64. The van der Waals surface area contributed by atoms with Gasteiger partial charge in [0.1, 0.15) is 36.0 Å². The number of hydrogen-bond donors (Lipinski definition) is 3. The second-order valence-corrected chi connectivity index (χ2v) is 15.1. The molecule has 2 saturated carbocycles. The van der Waals surface area contributed by atoms with E-state index in [-0.39, 0.29) is 31.9 Å². The minimum absolute atomic E-state index is 0.0242. The van der Waals surface area contributed by atoms with Gasteiger partial charge in [-0.25, -0.2) is 23.2 Å². The molecule has 46 heavy (non-hydrogen) atoms. The second kappa shape index (κ2) is 11.6. The Morgan fingerprint density at radius 3 is 2.59 bits per heavy atom. The van der Waals surface area contributed by atoms with Crippen LogP contribution in [0.4, 0.5) is 4.79 Å². The first-order valence-electron chi connectivity index (χ1n) is 15.1. The molecule has 2 aliphatic carbocycles. The third-order valence-electron chi connectivity index (χ3n) is 8.82. The maximum absolute atomic E-state index is 13.9. The summed E-state index contributed by atoms with van der Waals surface area (Å²) in [5, 5.41) is 4.57. The normalized spacial score (nSPS) is 28.7. The number of thioether (sulfide) groups is 1. The third kappa shape index (κ3) is 5.68. The van der Waals surface area contributed by atoms with Crippen LogP contribution in [0, 0.1) is 5.92 Å². The molecule has 4 heterocycles. The quantitative estimate of drug-likeness (QED) is 0.309. The van der Waals surface area contributed by atoms with Gasteiger partial charge in [0.25, 0.3) is 5.91 Å². The van der Waals surface area contributed by atoms with Gasteiger partial charge in [-0.05, 0) is 37.8 Å². The van der Waals surface area contributed by atoms with E-state index in [1.807, 2.05) is 24.3 Å². The van der Waals surface area contributed by atoms with E-state index in [9.17, 15) is 27.6 Å². The van der Waals surface area contributed by atoms with Crippen LogP contribution in [0.15, 0.2) is 43.0 Å². The molecule has 2 aromatic rings. The summed E-state index contributed by atoms with van der Waals surface area (Å²) in [5.74, 6) is -1.39. The number of carbonyl (C=O) groups is 4. The fourth-order valence-electron chi connectivity index (χ4n) is 6.08. The van der Waals surface area contributed by atoms with Crippen LogP contribution in [-0.2, 0) is 29.1 Å². The average Bonchev–Trinajstić information content (AvgIpc) is 3.82. The largest absolute Gasteiger partial charge is 0.471 e. The summed E-state index contributed by atoms with van der Waals surface area (Å²) in [7, 11) is -3.87. The van der Waals surface area contributed by atoms with E-state index in [4.69, 9.17) is 19.4 Å². The Morgan fingerprint density at radius 2 is 1.96 bits per heavy atom. The van der Waals surface area contributed by atoms with Gasteiger partial charge in [-0.15, -0.1) is 18.3 Å². The highest BCUT2D eigenvalue weighted by molar-refractivity contribution is 8.08. The number of amides is 4. The van der Waals surface area contributed by atoms with Crippen LogP contribution >= 0.6 is 11.8 Å². The van der Waals surface area contributed by atoms with Crippen molar-refractivity contribution in [1.29, 1.82) is 0 Å². The molecule has 242 valence electrons. The van der Waals surface area contributed by atoms with Crippen molar-refractivity contribution in [2.24, 2.45) is 5.92 Å². The van der Waals surface area contributed by atoms with E-state index in [1.54, 1.807) is 11.8 Å². The Hall–Kier alpha value is -4.18. The van der Waals surface area contributed by atoms with Gasteiger partial charge in [0, 0.05) is 23.0 Å². The Labute approximate surface area is 268 Å². The molecule has 4 fully saturated rings. The van der Waals surface area contributed by atoms with Crippen molar-refractivity contribution < 1.29 is 37.1 Å². The first-order chi connectivity index (χ1) is 22.1. The monoisotopic (exact) mass is 668 g/mol. The molecule has 2 saturated heterocycles. The molecule has 4 amide bonds. The number of allylic oxidation sites excluding steroid dienone is 1. The van der Waals surface area contributed by atoms with E-state index in [1.165, 1.54) is 11.0 Å². The highest BCUT2D eigenvalue weighted by atomic mass is 32.2. The van der Waals surface area contributed by atoms with Crippen LogP contribution < -0.4 is 20.1 Å². The number of carbonyl (C=O) groups excluding carboxylic acids is 4. The van der Waals surface area contributed by atoms with Crippen molar-refractivity contribution in [2.75, 3.05) is 18.9 Å². The van der Waals surface area contributed by atoms with Crippen molar-refractivity contribution >= 4 is 61.5 Å². The number of alkyl carbamates (subject to hydrolysis) is 1. The van der Waals surface area contributed by atoms with E-state index >= 15 is 0 Å². The number of cyclic esters (lactones) is 1. The van der Waals surface area contributed by atoms with Crippen LogP contribution in [0.25, 0.3) is 15.9 Å². The number of aromatic nitrogens is 2. The zero-order valence-corrected chi connectivity index (χ0v) is 26.3. The number of benzene rings is 1. The van der Waals surface area contributed by atoms with E-state index < -0.39 is 68.7 Å². The Morgan fingerprint density at radius 1 is 1.20 bits per heavy atom. The second-order valence-electron chi connectivity index (χ2n) is 12.0. The predicted octanol–water partition coefficient (Wildman–Crippen LogP) is 1.23. The fourth-order valence-corrected chi connectivity index (χ4v) is 8.40. The first kappa shape index (κ1) is 30.5. The van der Waals surface area contributed by atoms with Gasteiger partial charge in [-0.2, -0.15) is 0 Å². The zero-order chi connectivity index (χ0) is 32.2. The van der Waals surface area contributed by atoms with Gasteiger partial charge in [0.2, 0.25) is 27.7 Å².